The van der Waals surface area contributed by atoms with Crippen molar-refractivity contribution in [3.63, 3.8) is 0 Å². The zero-order chi connectivity index (χ0) is 14.7. The molecule has 1 fully saturated rings. The molecule has 21 heavy (non-hydrogen) atoms. The van der Waals surface area contributed by atoms with Crippen LogP contribution in [0.3, 0.4) is 0 Å². The van der Waals surface area contributed by atoms with Gasteiger partial charge in [-0.25, -0.2) is 4.68 Å². The Labute approximate surface area is 126 Å². The molecule has 0 unspecified atom stereocenters. The van der Waals surface area contributed by atoms with Crippen molar-refractivity contribution in [3.8, 4) is 0 Å². The molecule has 3 rings (SSSR count). The molecule has 0 aliphatic heterocycles. The van der Waals surface area contributed by atoms with E-state index in [0.717, 1.165) is 30.7 Å². The number of thiophene rings is 1. The van der Waals surface area contributed by atoms with Gasteiger partial charge in [0.2, 0.25) is 0 Å². The number of aliphatic carboxylic acids is 1. The maximum Gasteiger partial charge on any atom is 0.311 e. The van der Waals surface area contributed by atoms with Crippen LogP contribution in [0.5, 0.6) is 0 Å². The first kappa shape index (κ1) is 14.2. The Hall–Kier alpha value is -1.76. The summed E-state index contributed by atoms with van der Waals surface area (Å²) in [5, 5.41) is 25.5. The lowest BCUT2D eigenvalue weighted by Gasteiger charge is -2.32. The van der Waals surface area contributed by atoms with Gasteiger partial charge in [-0.3, -0.25) is 4.79 Å². The second kappa shape index (κ2) is 5.93. The van der Waals surface area contributed by atoms with Crippen LogP contribution in [0.25, 0.3) is 0 Å². The fourth-order valence-corrected chi connectivity index (χ4v) is 3.67. The van der Waals surface area contributed by atoms with E-state index in [1.165, 1.54) is 0 Å². The van der Waals surface area contributed by atoms with Crippen molar-refractivity contribution in [3.05, 3.63) is 28.2 Å². The SMILES string of the molecule is O=C(O)C1(Cn2nnnc2Cc2ccsc2)CCCCC1. The van der Waals surface area contributed by atoms with Crippen molar-refractivity contribution in [1.29, 1.82) is 0 Å². The van der Waals surface area contributed by atoms with Gasteiger partial charge in [0, 0.05) is 6.42 Å². The van der Waals surface area contributed by atoms with Gasteiger partial charge in [0.1, 0.15) is 0 Å². The standard InChI is InChI=1S/C14H18N4O2S/c19-13(20)14(5-2-1-3-6-14)10-18-12(15-16-17-18)8-11-4-7-21-9-11/h4,7,9H,1-3,5-6,8,10H2,(H,19,20). The molecule has 0 saturated heterocycles. The molecule has 0 radical (unpaired) electrons. The molecule has 2 aromatic rings. The third kappa shape index (κ3) is 2.97. The Morgan fingerprint density at radius 1 is 1.38 bits per heavy atom. The molecule has 0 atom stereocenters. The van der Waals surface area contributed by atoms with Gasteiger partial charge in [0.05, 0.1) is 12.0 Å². The summed E-state index contributed by atoms with van der Waals surface area (Å²) >= 11 is 1.64. The van der Waals surface area contributed by atoms with E-state index in [0.29, 0.717) is 25.8 Å². The lowest BCUT2D eigenvalue weighted by atomic mass is 9.74. The first-order chi connectivity index (χ1) is 10.2. The van der Waals surface area contributed by atoms with Crippen molar-refractivity contribution >= 4 is 17.3 Å². The molecule has 0 amide bonds. The fourth-order valence-electron chi connectivity index (χ4n) is 3.00. The maximum absolute atomic E-state index is 11.8. The molecule has 2 heterocycles. The summed E-state index contributed by atoms with van der Waals surface area (Å²) < 4.78 is 1.68. The van der Waals surface area contributed by atoms with E-state index in [1.807, 2.05) is 11.4 Å². The number of carboxylic acid groups (broad SMARTS) is 1. The van der Waals surface area contributed by atoms with Crippen LogP contribution in [0.4, 0.5) is 0 Å². The van der Waals surface area contributed by atoms with E-state index in [4.69, 9.17) is 0 Å². The van der Waals surface area contributed by atoms with Gasteiger partial charge in [-0.2, -0.15) is 11.3 Å². The molecule has 1 saturated carbocycles. The van der Waals surface area contributed by atoms with Gasteiger partial charge in [-0.1, -0.05) is 19.3 Å². The summed E-state index contributed by atoms with van der Waals surface area (Å²) in [7, 11) is 0. The fraction of sp³-hybridized carbons (Fsp3) is 0.571. The predicted molar refractivity (Wildman–Crippen MR) is 78.1 cm³/mol. The highest BCUT2D eigenvalue weighted by atomic mass is 32.1. The van der Waals surface area contributed by atoms with Crippen LogP contribution in [0.15, 0.2) is 16.8 Å². The minimum atomic E-state index is -0.723. The average molecular weight is 306 g/mol. The molecular weight excluding hydrogens is 288 g/mol. The van der Waals surface area contributed by atoms with E-state index < -0.39 is 11.4 Å². The summed E-state index contributed by atoms with van der Waals surface area (Å²) in [5.74, 6) is 0.0128. The zero-order valence-corrected chi connectivity index (χ0v) is 12.6. The Morgan fingerprint density at radius 3 is 2.86 bits per heavy atom. The minimum absolute atomic E-state index is 0.370. The molecule has 0 aromatic carbocycles. The van der Waals surface area contributed by atoms with Crippen molar-refractivity contribution < 1.29 is 9.90 Å². The quantitative estimate of drug-likeness (QED) is 0.917. The number of hydrogen-bond acceptors (Lipinski definition) is 5. The summed E-state index contributed by atoms with van der Waals surface area (Å²) in [6.45, 7) is 0.370. The lowest BCUT2D eigenvalue weighted by Crippen LogP contribution is -2.38. The Bertz CT molecular complexity index is 602. The van der Waals surface area contributed by atoms with Crippen LogP contribution in [0.2, 0.25) is 0 Å². The van der Waals surface area contributed by atoms with Crippen molar-refractivity contribution in [2.24, 2.45) is 5.41 Å². The van der Waals surface area contributed by atoms with Gasteiger partial charge in [0.25, 0.3) is 0 Å². The second-order valence-corrected chi connectivity index (χ2v) is 6.49. The van der Waals surface area contributed by atoms with Crippen LogP contribution in [-0.2, 0) is 17.8 Å². The van der Waals surface area contributed by atoms with E-state index in [-0.39, 0.29) is 0 Å². The normalized spacial score (nSPS) is 17.7. The van der Waals surface area contributed by atoms with Crippen LogP contribution in [-0.4, -0.2) is 31.3 Å². The van der Waals surface area contributed by atoms with E-state index in [2.05, 4.69) is 20.9 Å². The average Bonchev–Trinajstić information content (AvgIpc) is 3.13. The van der Waals surface area contributed by atoms with Gasteiger partial charge in [-0.15, -0.1) is 5.10 Å². The summed E-state index contributed by atoms with van der Waals surface area (Å²) in [4.78, 5) is 11.8. The van der Waals surface area contributed by atoms with Crippen LogP contribution in [0, 0.1) is 5.41 Å². The Balaban J connectivity index is 1.80. The molecule has 0 spiro atoms. The number of tetrazole rings is 1. The Morgan fingerprint density at radius 2 is 2.19 bits per heavy atom. The molecule has 1 N–H and O–H groups in total. The molecule has 6 nitrogen and oxygen atoms in total. The Kier molecular flexibility index (Phi) is 4.01. The lowest BCUT2D eigenvalue weighted by molar-refractivity contribution is -0.152. The molecule has 1 aliphatic rings. The van der Waals surface area contributed by atoms with E-state index >= 15 is 0 Å². The highest BCUT2D eigenvalue weighted by molar-refractivity contribution is 7.07. The number of rotatable bonds is 5. The number of nitrogens with zero attached hydrogens (tertiary/aromatic N) is 4. The summed E-state index contributed by atoms with van der Waals surface area (Å²) in [6, 6.07) is 2.04. The number of carboxylic acids is 1. The van der Waals surface area contributed by atoms with Crippen LogP contribution >= 0.6 is 11.3 Å². The van der Waals surface area contributed by atoms with Crippen molar-refractivity contribution in [2.45, 2.75) is 45.1 Å². The molecule has 1 aliphatic carbocycles. The highest BCUT2D eigenvalue weighted by Crippen LogP contribution is 2.38. The van der Waals surface area contributed by atoms with Crippen LogP contribution < -0.4 is 0 Å². The smallest absolute Gasteiger partial charge is 0.311 e. The van der Waals surface area contributed by atoms with Gasteiger partial charge >= 0.3 is 5.97 Å². The van der Waals surface area contributed by atoms with Crippen molar-refractivity contribution in [1.82, 2.24) is 20.2 Å². The maximum atomic E-state index is 11.8. The van der Waals surface area contributed by atoms with Gasteiger partial charge in [-0.05, 0) is 45.7 Å². The van der Waals surface area contributed by atoms with Crippen LogP contribution in [0.1, 0.15) is 43.5 Å². The first-order valence-corrected chi connectivity index (χ1v) is 8.13. The van der Waals surface area contributed by atoms with Gasteiger partial charge in [0.15, 0.2) is 5.82 Å². The highest BCUT2D eigenvalue weighted by Gasteiger charge is 2.40. The van der Waals surface area contributed by atoms with E-state index in [9.17, 15) is 9.90 Å². The van der Waals surface area contributed by atoms with E-state index in [1.54, 1.807) is 16.0 Å². The number of hydrogen-bond donors (Lipinski definition) is 1. The third-order valence-corrected chi connectivity index (χ3v) is 5.00. The number of aromatic nitrogens is 4. The predicted octanol–water partition coefficient (Wildman–Crippen LogP) is 2.36. The third-order valence-electron chi connectivity index (χ3n) is 4.27. The molecule has 0 bridgehead atoms. The second-order valence-electron chi connectivity index (χ2n) is 5.71. The number of carbonyl (C=O) groups is 1. The minimum Gasteiger partial charge on any atom is -0.481 e. The first-order valence-electron chi connectivity index (χ1n) is 7.19. The summed E-state index contributed by atoms with van der Waals surface area (Å²) in [5.41, 5.74) is 0.445. The van der Waals surface area contributed by atoms with Crippen molar-refractivity contribution in [2.75, 3.05) is 0 Å². The van der Waals surface area contributed by atoms with Gasteiger partial charge < -0.3 is 5.11 Å². The zero-order valence-electron chi connectivity index (χ0n) is 11.7. The topological polar surface area (TPSA) is 80.9 Å². The molecule has 7 heteroatoms. The molecule has 2 aromatic heterocycles. The monoisotopic (exact) mass is 306 g/mol. The largest absolute Gasteiger partial charge is 0.481 e. The molecule has 112 valence electrons. The summed E-state index contributed by atoms with van der Waals surface area (Å²) in [6.07, 6.45) is 5.11. The molecular formula is C14H18N4O2S.